The van der Waals surface area contributed by atoms with Crippen LogP contribution in [0.2, 0.25) is 0 Å². The Hall–Kier alpha value is -2.07. The molecule has 114 valence electrons. The highest BCUT2D eigenvalue weighted by molar-refractivity contribution is 7.99. The van der Waals surface area contributed by atoms with Gasteiger partial charge in [-0.25, -0.2) is 0 Å². The van der Waals surface area contributed by atoms with Crippen LogP contribution in [-0.4, -0.2) is 17.4 Å². The van der Waals surface area contributed by atoms with Crippen molar-refractivity contribution in [2.75, 3.05) is 11.1 Å². The first kappa shape index (κ1) is 16.3. The van der Waals surface area contributed by atoms with E-state index in [4.69, 9.17) is 0 Å². The molecule has 0 unspecified atom stereocenters. The van der Waals surface area contributed by atoms with Gasteiger partial charge < -0.3 is 5.32 Å². The Morgan fingerprint density at radius 2 is 1.86 bits per heavy atom. The molecule has 0 heterocycles. The molecule has 0 aromatic heterocycles. The van der Waals surface area contributed by atoms with Crippen molar-refractivity contribution < 1.29 is 9.59 Å². The number of hydrogen-bond donors (Lipinski definition) is 1. The normalized spacial score (nSPS) is 10.3. The molecule has 0 spiro atoms. The van der Waals surface area contributed by atoms with Gasteiger partial charge in [0, 0.05) is 17.0 Å². The highest BCUT2D eigenvalue weighted by Crippen LogP contribution is 2.15. The zero-order chi connectivity index (χ0) is 15.9. The van der Waals surface area contributed by atoms with Gasteiger partial charge in [-0.05, 0) is 31.5 Å². The fourth-order valence-electron chi connectivity index (χ4n) is 2.08. The van der Waals surface area contributed by atoms with Crippen LogP contribution in [0.5, 0.6) is 0 Å². The first-order chi connectivity index (χ1) is 10.5. The summed E-state index contributed by atoms with van der Waals surface area (Å²) in [7, 11) is 0. The van der Waals surface area contributed by atoms with Gasteiger partial charge in [0.2, 0.25) is 5.91 Å². The summed E-state index contributed by atoms with van der Waals surface area (Å²) < 4.78 is 0. The summed E-state index contributed by atoms with van der Waals surface area (Å²) in [6.45, 7) is 3.57. The SMILES string of the molecule is CC(=O)c1cccc(NC(=O)CSCc2cccc(C)c2)c1. The molecule has 0 aliphatic heterocycles. The van der Waals surface area contributed by atoms with Crippen LogP contribution in [0.15, 0.2) is 48.5 Å². The quantitative estimate of drug-likeness (QED) is 0.818. The molecule has 0 fully saturated rings. The van der Waals surface area contributed by atoms with E-state index in [1.807, 2.05) is 6.07 Å². The molecule has 0 aliphatic rings. The van der Waals surface area contributed by atoms with Crippen molar-refractivity contribution in [1.82, 2.24) is 0 Å². The summed E-state index contributed by atoms with van der Waals surface area (Å²) in [5, 5.41) is 2.82. The molecule has 2 aromatic rings. The second kappa shape index (κ2) is 7.80. The summed E-state index contributed by atoms with van der Waals surface area (Å²) >= 11 is 1.57. The van der Waals surface area contributed by atoms with Gasteiger partial charge in [0.15, 0.2) is 5.78 Å². The van der Waals surface area contributed by atoms with E-state index < -0.39 is 0 Å². The van der Waals surface area contributed by atoms with Crippen LogP contribution in [0.1, 0.15) is 28.4 Å². The standard InChI is InChI=1S/C18H19NO2S/c1-13-5-3-6-15(9-13)11-22-12-18(21)19-17-8-4-7-16(10-17)14(2)20/h3-10H,11-12H2,1-2H3,(H,19,21). The van der Waals surface area contributed by atoms with E-state index in [1.165, 1.54) is 18.1 Å². The second-order valence-electron chi connectivity index (χ2n) is 5.17. The lowest BCUT2D eigenvalue weighted by Gasteiger charge is -2.07. The molecule has 2 rings (SSSR count). The van der Waals surface area contributed by atoms with Gasteiger partial charge in [0.25, 0.3) is 0 Å². The summed E-state index contributed by atoms with van der Waals surface area (Å²) in [6, 6.07) is 15.3. The van der Waals surface area contributed by atoms with Gasteiger partial charge in [-0.2, -0.15) is 0 Å². The van der Waals surface area contributed by atoms with E-state index >= 15 is 0 Å². The van der Waals surface area contributed by atoms with Crippen LogP contribution in [-0.2, 0) is 10.5 Å². The summed E-state index contributed by atoms with van der Waals surface area (Å²) in [5.74, 6) is 1.13. The molecule has 1 amide bonds. The Kier molecular flexibility index (Phi) is 5.78. The molecule has 2 aromatic carbocycles. The van der Waals surface area contributed by atoms with E-state index in [1.54, 1.807) is 36.0 Å². The van der Waals surface area contributed by atoms with Crippen molar-refractivity contribution in [2.24, 2.45) is 0 Å². The molecule has 0 saturated heterocycles. The highest BCUT2D eigenvalue weighted by atomic mass is 32.2. The maximum atomic E-state index is 11.9. The third kappa shape index (κ3) is 5.04. The van der Waals surface area contributed by atoms with Gasteiger partial charge in [0.05, 0.1) is 5.75 Å². The van der Waals surface area contributed by atoms with Gasteiger partial charge >= 0.3 is 0 Å². The number of thioether (sulfide) groups is 1. The molecular formula is C18H19NO2S. The Morgan fingerprint density at radius 1 is 1.09 bits per heavy atom. The minimum Gasteiger partial charge on any atom is -0.325 e. The van der Waals surface area contributed by atoms with Crippen molar-refractivity contribution in [2.45, 2.75) is 19.6 Å². The van der Waals surface area contributed by atoms with Crippen molar-refractivity contribution in [3.63, 3.8) is 0 Å². The van der Waals surface area contributed by atoms with E-state index in [0.717, 1.165) is 5.75 Å². The largest absolute Gasteiger partial charge is 0.325 e. The lowest BCUT2D eigenvalue weighted by atomic mass is 10.1. The molecule has 0 radical (unpaired) electrons. The van der Waals surface area contributed by atoms with Crippen molar-refractivity contribution in [3.05, 3.63) is 65.2 Å². The minimum atomic E-state index is -0.0571. The number of ketones is 1. The third-order valence-electron chi connectivity index (χ3n) is 3.14. The first-order valence-electron chi connectivity index (χ1n) is 7.09. The molecular weight excluding hydrogens is 294 g/mol. The first-order valence-corrected chi connectivity index (χ1v) is 8.24. The number of aryl methyl sites for hydroxylation is 1. The summed E-state index contributed by atoms with van der Waals surface area (Å²) in [4.78, 5) is 23.3. The number of benzene rings is 2. The van der Waals surface area contributed by atoms with E-state index in [9.17, 15) is 9.59 Å². The predicted octanol–water partition coefficient (Wildman–Crippen LogP) is 4.07. The smallest absolute Gasteiger partial charge is 0.234 e. The lowest BCUT2D eigenvalue weighted by molar-refractivity contribution is -0.113. The maximum Gasteiger partial charge on any atom is 0.234 e. The summed E-state index contributed by atoms with van der Waals surface area (Å²) in [5.41, 5.74) is 3.71. The Morgan fingerprint density at radius 3 is 2.59 bits per heavy atom. The van der Waals surface area contributed by atoms with Crippen LogP contribution >= 0.6 is 11.8 Å². The molecule has 0 saturated carbocycles. The monoisotopic (exact) mass is 313 g/mol. The zero-order valence-corrected chi connectivity index (χ0v) is 13.6. The highest BCUT2D eigenvalue weighted by Gasteiger charge is 2.05. The average molecular weight is 313 g/mol. The third-order valence-corrected chi connectivity index (χ3v) is 4.14. The average Bonchev–Trinajstić information content (AvgIpc) is 2.47. The predicted molar refractivity (Wildman–Crippen MR) is 92.4 cm³/mol. The van der Waals surface area contributed by atoms with Crippen LogP contribution in [0, 0.1) is 6.92 Å². The van der Waals surface area contributed by atoms with E-state index in [-0.39, 0.29) is 11.7 Å². The van der Waals surface area contributed by atoms with Crippen molar-refractivity contribution in [3.8, 4) is 0 Å². The topological polar surface area (TPSA) is 46.2 Å². The molecule has 22 heavy (non-hydrogen) atoms. The molecule has 4 heteroatoms. The molecule has 3 nitrogen and oxygen atoms in total. The number of carbonyl (C=O) groups is 2. The lowest BCUT2D eigenvalue weighted by Crippen LogP contribution is -2.14. The number of amides is 1. The molecule has 0 atom stereocenters. The van der Waals surface area contributed by atoms with Crippen LogP contribution < -0.4 is 5.32 Å². The minimum absolute atomic E-state index is 0.00933. The summed E-state index contributed by atoms with van der Waals surface area (Å²) in [6.07, 6.45) is 0. The van der Waals surface area contributed by atoms with Crippen molar-refractivity contribution >= 4 is 29.1 Å². The number of anilines is 1. The maximum absolute atomic E-state index is 11.9. The van der Waals surface area contributed by atoms with Crippen LogP contribution in [0.3, 0.4) is 0 Å². The van der Waals surface area contributed by atoms with E-state index in [2.05, 4.69) is 30.4 Å². The fraction of sp³-hybridized carbons (Fsp3) is 0.222. The Balaban J connectivity index is 1.83. The number of rotatable bonds is 6. The number of hydrogen-bond acceptors (Lipinski definition) is 3. The van der Waals surface area contributed by atoms with Crippen molar-refractivity contribution in [1.29, 1.82) is 0 Å². The van der Waals surface area contributed by atoms with Gasteiger partial charge in [0.1, 0.15) is 0 Å². The second-order valence-corrected chi connectivity index (χ2v) is 6.15. The van der Waals surface area contributed by atoms with Gasteiger partial charge in [-0.3, -0.25) is 9.59 Å². The fourth-order valence-corrected chi connectivity index (χ4v) is 2.85. The van der Waals surface area contributed by atoms with Crippen LogP contribution in [0.25, 0.3) is 0 Å². The molecule has 0 aliphatic carbocycles. The van der Waals surface area contributed by atoms with Gasteiger partial charge in [-0.15, -0.1) is 11.8 Å². The number of carbonyl (C=O) groups excluding carboxylic acids is 2. The number of nitrogens with one attached hydrogen (secondary N) is 1. The zero-order valence-electron chi connectivity index (χ0n) is 12.8. The molecule has 1 N–H and O–H groups in total. The van der Waals surface area contributed by atoms with Gasteiger partial charge in [-0.1, -0.05) is 42.0 Å². The molecule has 0 bridgehead atoms. The number of Topliss-reactive ketones (excluding diaryl/α,β-unsaturated/α-hetero) is 1. The Labute approximate surface area is 135 Å². The Bertz CT molecular complexity index is 682. The van der Waals surface area contributed by atoms with E-state index in [0.29, 0.717) is 17.0 Å². The van der Waals surface area contributed by atoms with Crippen LogP contribution in [0.4, 0.5) is 5.69 Å².